The van der Waals surface area contributed by atoms with E-state index in [0.29, 0.717) is 11.1 Å². The van der Waals surface area contributed by atoms with E-state index in [0.717, 1.165) is 15.8 Å². The summed E-state index contributed by atoms with van der Waals surface area (Å²) in [6, 6.07) is 12.9. The maximum Gasteiger partial charge on any atom is 0.194 e. The van der Waals surface area contributed by atoms with Crippen molar-refractivity contribution in [3.63, 3.8) is 0 Å². The highest BCUT2D eigenvalue weighted by atomic mass is 79.9. The number of rotatable bonds is 3. The van der Waals surface area contributed by atoms with E-state index in [-0.39, 0.29) is 5.78 Å². The minimum absolute atomic E-state index is 0.00762. The van der Waals surface area contributed by atoms with E-state index in [1.54, 1.807) is 31.4 Å². The Morgan fingerprint density at radius 3 is 2.39 bits per heavy atom. The summed E-state index contributed by atoms with van der Waals surface area (Å²) < 4.78 is 5.89. The minimum Gasteiger partial charge on any atom is -0.497 e. The highest BCUT2D eigenvalue weighted by Crippen LogP contribution is 2.22. The van der Waals surface area contributed by atoms with Crippen LogP contribution in [0.5, 0.6) is 5.75 Å². The number of benzene rings is 2. The Bertz CT molecular complexity index is 574. The first-order valence-corrected chi connectivity index (χ1v) is 6.36. The third kappa shape index (κ3) is 2.62. The van der Waals surface area contributed by atoms with Crippen molar-refractivity contribution in [3.05, 3.63) is 63.6 Å². The standard InChI is InChI=1S/C15H13BrO2/c1-10-3-8-14(16)13(9-10)15(17)11-4-6-12(18-2)7-5-11/h3-9H,1-2H3. The Balaban J connectivity index is 2.38. The molecular weight excluding hydrogens is 292 g/mol. The molecule has 2 rings (SSSR count). The lowest BCUT2D eigenvalue weighted by atomic mass is 10.0. The van der Waals surface area contributed by atoms with Crippen molar-refractivity contribution in [1.82, 2.24) is 0 Å². The summed E-state index contributed by atoms with van der Waals surface area (Å²) in [5.41, 5.74) is 2.40. The molecule has 0 unspecified atom stereocenters. The lowest BCUT2D eigenvalue weighted by molar-refractivity contribution is 0.103. The fourth-order valence-corrected chi connectivity index (χ4v) is 2.14. The maximum absolute atomic E-state index is 12.3. The van der Waals surface area contributed by atoms with Crippen molar-refractivity contribution in [2.45, 2.75) is 6.92 Å². The van der Waals surface area contributed by atoms with Crippen LogP contribution in [0.2, 0.25) is 0 Å². The molecule has 0 saturated heterocycles. The molecule has 18 heavy (non-hydrogen) atoms. The number of ether oxygens (including phenoxy) is 1. The van der Waals surface area contributed by atoms with Gasteiger partial charge in [-0.2, -0.15) is 0 Å². The van der Waals surface area contributed by atoms with Gasteiger partial charge in [0.25, 0.3) is 0 Å². The van der Waals surface area contributed by atoms with Crippen LogP contribution in [0.25, 0.3) is 0 Å². The first-order valence-electron chi connectivity index (χ1n) is 5.56. The van der Waals surface area contributed by atoms with Crippen LogP contribution in [0.3, 0.4) is 0 Å². The number of carbonyl (C=O) groups is 1. The van der Waals surface area contributed by atoms with E-state index in [1.165, 1.54) is 0 Å². The normalized spacial score (nSPS) is 10.2. The number of halogens is 1. The van der Waals surface area contributed by atoms with Gasteiger partial charge in [0.2, 0.25) is 0 Å². The molecule has 0 amide bonds. The molecule has 0 saturated carbocycles. The van der Waals surface area contributed by atoms with E-state index in [9.17, 15) is 4.79 Å². The molecule has 3 heteroatoms. The van der Waals surface area contributed by atoms with Gasteiger partial charge in [-0.3, -0.25) is 4.79 Å². The number of aryl methyl sites for hydroxylation is 1. The van der Waals surface area contributed by atoms with E-state index < -0.39 is 0 Å². The van der Waals surface area contributed by atoms with Crippen molar-refractivity contribution < 1.29 is 9.53 Å². The number of carbonyl (C=O) groups excluding carboxylic acids is 1. The predicted molar refractivity (Wildman–Crippen MR) is 75.3 cm³/mol. The molecule has 2 nitrogen and oxygen atoms in total. The summed E-state index contributed by atoms with van der Waals surface area (Å²) in [5.74, 6) is 0.753. The average Bonchev–Trinajstić information content (AvgIpc) is 2.41. The summed E-state index contributed by atoms with van der Waals surface area (Å²) in [7, 11) is 1.61. The van der Waals surface area contributed by atoms with Crippen molar-refractivity contribution >= 4 is 21.7 Å². The molecule has 0 N–H and O–H groups in total. The van der Waals surface area contributed by atoms with Crippen molar-refractivity contribution in [2.75, 3.05) is 7.11 Å². The van der Waals surface area contributed by atoms with Crippen molar-refractivity contribution in [1.29, 1.82) is 0 Å². The Morgan fingerprint density at radius 1 is 1.11 bits per heavy atom. The lowest BCUT2D eigenvalue weighted by Gasteiger charge is -2.06. The van der Waals surface area contributed by atoms with Gasteiger partial charge in [-0.15, -0.1) is 0 Å². The molecule has 0 spiro atoms. The van der Waals surface area contributed by atoms with Crippen molar-refractivity contribution in [2.24, 2.45) is 0 Å². The van der Waals surface area contributed by atoms with E-state index >= 15 is 0 Å². The van der Waals surface area contributed by atoms with Gasteiger partial charge in [0.15, 0.2) is 5.78 Å². The predicted octanol–water partition coefficient (Wildman–Crippen LogP) is 4.00. The zero-order chi connectivity index (χ0) is 13.1. The van der Waals surface area contributed by atoms with Gasteiger partial charge in [-0.05, 0) is 43.3 Å². The molecule has 0 aromatic heterocycles. The molecular formula is C15H13BrO2. The van der Waals surface area contributed by atoms with E-state index in [1.807, 2.05) is 25.1 Å². The second-order valence-electron chi connectivity index (χ2n) is 4.04. The quantitative estimate of drug-likeness (QED) is 0.801. The summed E-state index contributed by atoms with van der Waals surface area (Å²) in [4.78, 5) is 12.3. The first-order chi connectivity index (χ1) is 8.61. The average molecular weight is 305 g/mol. The number of ketones is 1. The van der Waals surface area contributed by atoms with E-state index in [2.05, 4.69) is 15.9 Å². The topological polar surface area (TPSA) is 26.3 Å². The maximum atomic E-state index is 12.3. The summed E-state index contributed by atoms with van der Waals surface area (Å²) in [6.45, 7) is 1.97. The number of methoxy groups -OCH3 is 1. The Morgan fingerprint density at radius 2 is 1.78 bits per heavy atom. The highest BCUT2D eigenvalue weighted by molar-refractivity contribution is 9.10. The fraction of sp³-hybridized carbons (Fsp3) is 0.133. The van der Waals surface area contributed by atoms with Crippen LogP contribution in [-0.2, 0) is 0 Å². The molecule has 92 valence electrons. The van der Waals surface area contributed by atoms with Crippen LogP contribution in [0.4, 0.5) is 0 Å². The largest absolute Gasteiger partial charge is 0.497 e. The molecule has 0 atom stereocenters. The minimum atomic E-state index is 0.00762. The zero-order valence-corrected chi connectivity index (χ0v) is 11.8. The Hall–Kier alpha value is -1.61. The van der Waals surface area contributed by atoms with Gasteiger partial charge in [0.05, 0.1) is 7.11 Å². The lowest BCUT2D eigenvalue weighted by Crippen LogP contribution is -2.02. The Kier molecular flexibility index (Phi) is 3.82. The van der Waals surface area contributed by atoms with Crippen LogP contribution < -0.4 is 4.74 Å². The molecule has 0 bridgehead atoms. The molecule has 0 aliphatic rings. The van der Waals surface area contributed by atoms with Gasteiger partial charge < -0.3 is 4.74 Å². The zero-order valence-electron chi connectivity index (χ0n) is 10.2. The second kappa shape index (κ2) is 5.36. The molecule has 0 heterocycles. The van der Waals surface area contributed by atoms with Gasteiger partial charge >= 0.3 is 0 Å². The van der Waals surface area contributed by atoms with Crippen LogP contribution >= 0.6 is 15.9 Å². The van der Waals surface area contributed by atoms with Gasteiger partial charge in [0, 0.05) is 15.6 Å². The van der Waals surface area contributed by atoms with Crippen LogP contribution in [0, 0.1) is 6.92 Å². The van der Waals surface area contributed by atoms with Crippen LogP contribution in [0.1, 0.15) is 21.5 Å². The molecule has 0 fully saturated rings. The van der Waals surface area contributed by atoms with Gasteiger partial charge in [-0.1, -0.05) is 27.6 Å². The van der Waals surface area contributed by atoms with Crippen LogP contribution in [-0.4, -0.2) is 12.9 Å². The first kappa shape index (κ1) is 12.8. The third-order valence-electron chi connectivity index (χ3n) is 2.72. The molecule has 0 aliphatic carbocycles. The fourth-order valence-electron chi connectivity index (χ4n) is 1.71. The summed E-state index contributed by atoms with van der Waals surface area (Å²) in [6.07, 6.45) is 0. The van der Waals surface area contributed by atoms with Gasteiger partial charge in [-0.25, -0.2) is 0 Å². The molecule has 2 aromatic carbocycles. The van der Waals surface area contributed by atoms with Crippen molar-refractivity contribution in [3.8, 4) is 5.75 Å². The smallest absolute Gasteiger partial charge is 0.194 e. The summed E-state index contributed by atoms with van der Waals surface area (Å²) >= 11 is 3.41. The molecule has 0 aliphatic heterocycles. The number of hydrogen-bond donors (Lipinski definition) is 0. The van der Waals surface area contributed by atoms with E-state index in [4.69, 9.17) is 4.74 Å². The third-order valence-corrected chi connectivity index (χ3v) is 3.41. The summed E-state index contributed by atoms with van der Waals surface area (Å²) in [5, 5.41) is 0. The monoisotopic (exact) mass is 304 g/mol. The molecule has 2 aromatic rings. The number of hydrogen-bond acceptors (Lipinski definition) is 2. The molecule has 0 radical (unpaired) electrons. The van der Waals surface area contributed by atoms with Crippen LogP contribution in [0.15, 0.2) is 46.9 Å². The SMILES string of the molecule is COc1ccc(C(=O)c2cc(C)ccc2Br)cc1. The second-order valence-corrected chi connectivity index (χ2v) is 4.90. The highest BCUT2D eigenvalue weighted by Gasteiger charge is 2.12. The van der Waals surface area contributed by atoms with Gasteiger partial charge in [0.1, 0.15) is 5.75 Å². The Labute approximate surface area is 115 Å².